The fourth-order valence-corrected chi connectivity index (χ4v) is 2.59. The second kappa shape index (κ2) is 8.50. The Bertz CT molecular complexity index is 585. The molecule has 0 fully saturated rings. The van der Waals surface area contributed by atoms with E-state index in [9.17, 15) is 13.2 Å². The van der Waals surface area contributed by atoms with E-state index in [0.717, 1.165) is 5.56 Å². The number of benzene rings is 1. The van der Waals surface area contributed by atoms with Crippen molar-refractivity contribution in [2.24, 2.45) is 5.73 Å². The van der Waals surface area contributed by atoms with Crippen molar-refractivity contribution in [2.45, 2.75) is 43.7 Å². The van der Waals surface area contributed by atoms with Gasteiger partial charge >= 0.3 is 0 Å². The van der Waals surface area contributed by atoms with Crippen molar-refractivity contribution in [1.29, 1.82) is 0 Å². The van der Waals surface area contributed by atoms with Crippen molar-refractivity contribution in [3.63, 3.8) is 0 Å². The van der Waals surface area contributed by atoms with Crippen LogP contribution in [0, 0.1) is 0 Å². The van der Waals surface area contributed by atoms with Crippen LogP contribution in [0.5, 0.6) is 0 Å². The Morgan fingerprint density at radius 2 is 1.73 bits per heavy atom. The van der Waals surface area contributed by atoms with E-state index >= 15 is 0 Å². The molecule has 0 spiro atoms. The number of nitrogens with zero attached hydrogens (tertiary/aromatic N) is 1. The minimum absolute atomic E-state index is 0. The number of carbonyl (C=O) groups excluding carboxylic acids is 1. The van der Waals surface area contributed by atoms with Crippen LogP contribution in [0.2, 0.25) is 0 Å². The Hall–Kier alpha value is -1.11. The van der Waals surface area contributed by atoms with Crippen LogP contribution in [0.25, 0.3) is 0 Å². The fourth-order valence-electron chi connectivity index (χ4n) is 1.96. The molecule has 1 amide bonds. The molecule has 0 aliphatic rings. The van der Waals surface area contributed by atoms with Crippen LogP contribution in [-0.2, 0) is 14.6 Å². The van der Waals surface area contributed by atoms with E-state index in [1.807, 2.05) is 13.8 Å². The summed E-state index contributed by atoms with van der Waals surface area (Å²) in [5.41, 5.74) is 6.56. The van der Waals surface area contributed by atoms with Gasteiger partial charge in [0.2, 0.25) is 5.91 Å². The minimum atomic E-state index is -3.19. The number of carbonyl (C=O) groups is 1. The van der Waals surface area contributed by atoms with Gasteiger partial charge < -0.3 is 10.6 Å². The maximum Gasteiger partial charge on any atom is 0.222 e. The van der Waals surface area contributed by atoms with Gasteiger partial charge in [-0.3, -0.25) is 4.79 Å². The summed E-state index contributed by atoms with van der Waals surface area (Å²) in [5.74, 6) is 0.0342. The molecular weight excluding hydrogens is 324 g/mol. The van der Waals surface area contributed by atoms with Crippen molar-refractivity contribution in [2.75, 3.05) is 13.3 Å². The molecule has 22 heavy (non-hydrogen) atoms. The molecule has 5 nitrogen and oxygen atoms in total. The molecule has 126 valence electrons. The molecule has 1 aromatic carbocycles. The quantitative estimate of drug-likeness (QED) is 0.854. The van der Waals surface area contributed by atoms with Crippen LogP contribution in [0.4, 0.5) is 0 Å². The maximum atomic E-state index is 12.1. The van der Waals surface area contributed by atoms with Crippen LogP contribution in [0.1, 0.15) is 38.3 Å². The van der Waals surface area contributed by atoms with Crippen molar-refractivity contribution >= 4 is 28.2 Å². The predicted octanol–water partition coefficient (Wildman–Crippen LogP) is 2.16. The maximum absolute atomic E-state index is 12.1. The summed E-state index contributed by atoms with van der Waals surface area (Å²) in [4.78, 5) is 14.0. The van der Waals surface area contributed by atoms with Crippen LogP contribution < -0.4 is 5.73 Å². The molecule has 0 saturated heterocycles. The number of amides is 1. The van der Waals surface area contributed by atoms with Gasteiger partial charge in [-0.25, -0.2) is 8.42 Å². The molecule has 1 rings (SSSR count). The van der Waals surface area contributed by atoms with Gasteiger partial charge in [0.15, 0.2) is 9.84 Å². The molecule has 0 aliphatic heterocycles. The van der Waals surface area contributed by atoms with Crippen LogP contribution in [0.15, 0.2) is 29.2 Å². The first-order valence-electron chi connectivity index (χ1n) is 6.94. The van der Waals surface area contributed by atoms with Crippen LogP contribution >= 0.6 is 12.4 Å². The van der Waals surface area contributed by atoms with E-state index in [-0.39, 0.29) is 35.3 Å². The highest BCUT2D eigenvalue weighted by atomic mass is 35.5. The largest absolute Gasteiger partial charge is 0.339 e. The van der Waals surface area contributed by atoms with Gasteiger partial charge in [-0.15, -0.1) is 12.4 Å². The van der Waals surface area contributed by atoms with Gasteiger partial charge in [0.1, 0.15) is 0 Å². The summed E-state index contributed by atoms with van der Waals surface area (Å²) < 4.78 is 22.9. The third-order valence-corrected chi connectivity index (χ3v) is 4.71. The zero-order valence-electron chi connectivity index (χ0n) is 13.4. The lowest BCUT2D eigenvalue weighted by atomic mass is 10.1. The number of nitrogens with two attached hydrogens (primary N) is 1. The molecular formula is C15H25ClN2O3S. The van der Waals surface area contributed by atoms with Crippen LogP contribution in [-0.4, -0.2) is 38.6 Å². The Morgan fingerprint density at radius 3 is 2.14 bits per heavy atom. The smallest absolute Gasteiger partial charge is 0.222 e. The van der Waals surface area contributed by atoms with Gasteiger partial charge in [-0.1, -0.05) is 12.1 Å². The summed E-state index contributed by atoms with van der Waals surface area (Å²) in [5, 5.41) is 0. The highest BCUT2D eigenvalue weighted by Gasteiger charge is 2.18. The van der Waals surface area contributed by atoms with E-state index in [1.165, 1.54) is 6.26 Å². The third kappa shape index (κ3) is 5.94. The normalized spacial score (nSPS) is 13.9. The third-order valence-electron chi connectivity index (χ3n) is 3.58. The standard InChI is InChI=1S/C15H24N2O3S.ClH/c1-11(16)5-10-15(18)17(3)12(2)13-6-8-14(9-7-13)21(4,19)20;/h6-9,11-12H,5,10,16H2,1-4H3;1H. The molecule has 2 N–H and O–H groups in total. The van der Waals surface area contributed by atoms with Gasteiger partial charge in [-0.2, -0.15) is 0 Å². The average Bonchev–Trinajstić information content (AvgIpc) is 2.42. The molecule has 2 atom stereocenters. The number of rotatable bonds is 6. The lowest BCUT2D eigenvalue weighted by Crippen LogP contribution is -2.30. The second-order valence-electron chi connectivity index (χ2n) is 5.54. The molecule has 2 unspecified atom stereocenters. The Balaban J connectivity index is 0.00000441. The van der Waals surface area contributed by atoms with E-state index in [2.05, 4.69) is 0 Å². The summed E-state index contributed by atoms with van der Waals surface area (Å²) in [6.45, 7) is 3.79. The topological polar surface area (TPSA) is 80.5 Å². The number of hydrogen-bond donors (Lipinski definition) is 1. The zero-order chi connectivity index (χ0) is 16.2. The molecule has 0 heterocycles. The van der Waals surface area contributed by atoms with Gasteiger partial charge in [0, 0.05) is 25.8 Å². The molecule has 0 aliphatic carbocycles. The second-order valence-corrected chi connectivity index (χ2v) is 7.55. The van der Waals surface area contributed by atoms with Crippen molar-refractivity contribution in [3.05, 3.63) is 29.8 Å². The summed E-state index contributed by atoms with van der Waals surface area (Å²) in [7, 11) is -1.45. The Labute approximate surface area is 139 Å². The van der Waals surface area contributed by atoms with Gasteiger partial charge in [-0.05, 0) is 38.0 Å². The monoisotopic (exact) mass is 348 g/mol. The first kappa shape index (κ1) is 20.9. The zero-order valence-corrected chi connectivity index (χ0v) is 15.1. The van der Waals surface area contributed by atoms with Gasteiger partial charge in [0.25, 0.3) is 0 Å². The highest BCUT2D eigenvalue weighted by molar-refractivity contribution is 7.90. The first-order valence-corrected chi connectivity index (χ1v) is 8.83. The average molecular weight is 349 g/mol. The molecule has 7 heteroatoms. The molecule has 0 saturated carbocycles. The molecule has 0 aromatic heterocycles. The van der Waals surface area contributed by atoms with E-state index < -0.39 is 9.84 Å². The first-order chi connectivity index (χ1) is 9.62. The lowest BCUT2D eigenvalue weighted by Gasteiger charge is -2.26. The van der Waals surface area contributed by atoms with E-state index in [1.54, 1.807) is 36.2 Å². The number of sulfone groups is 1. The van der Waals surface area contributed by atoms with Crippen molar-refractivity contribution in [1.82, 2.24) is 4.90 Å². The molecule has 0 bridgehead atoms. The van der Waals surface area contributed by atoms with Crippen molar-refractivity contribution < 1.29 is 13.2 Å². The van der Waals surface area contributed by atoms with Crippen molar-refractivity contribution in [3.8, 4) is 0 Å². The SMILES string of the molecule is CC(N)CCC(=O)N(C)C(C)c1ccc(S(C)(=O)=O)cc1.Cl. The van der Waals surface area contributed by atoms with E-state index in [4.69, 9.17) is 5.73 Å². The summed E-state index contributed by atoms with van der Waals surface area (Å²) in [6, 6.07) is 6.53. The highest BCUT2D eigenvalue weighted by Crippen LogP contribution is 2.21. The number of hydrogen-bond acceptors (Lipinski definition) is 4. The number of halogens is 1. The molecule has 1 aromatic rings. The Kier molecular flexibility index (Phi) is 8.07. The predicted molar refractivity (Wildman–Crippen MR) is 90.9 cm³/mol. The minimum Gasteiger partial charge on any atom is -0.339 e. The van der Waals surface area contributed by atoms with Gasteiger partial charge in [0.05, 0.1) is 10.9 Å². The molecule has 0 radical (unpaired) electrons. The Morgan fingerprint density at radius 1 is 1.23 bits per heavy atom. The van der Waals surface area contributed by atoms with E-state index in [0.29, 0.717) is 12.8 Å². The summed E-state index contributed by atoms with van der Waals surface area (Å²) >= 11 is 0. The lowest BCUT2D eigenvalue weighted by molar-refractivity contribution is -0.132. The summed E-state index contributed by atoms with van der Waals surface area (Å²) in [6.07, 6.45) is 2.25. The van der Waals surface area contributed by atoms with Crippen LogP contribution in [0.3, 0.4) is 0 Å². The fraction of sp³-hybridized carbons (Fsp3) is 0.533.